The second-order valence-electron chi connectivity index (χ2n) is 3.46. The summed E-state index contributed by atoms with van der Waals surface area (Å²) < 4.78 is 2.17. The first-order valence-corrected chi connectivity index (χ1v) is 6.04. The van der Waals surface area contributed by atoms with Gasteiger partial charge in [-0.1, -0.05) is 0 Å². The summed E-state index contributed by atoms with van der Waals surface area (Å²) in [6.45, 7) is 2.30. The summed E-state index contributed by atoms with van der Waals surface area (Å²) in [5.74, 6) is -0.134. The molecule has 0 fully saturated rings. The SMILES string of the molecule is Cc1ncc(I)c(=O)n1CCCCC(=O)O. The molecule has 0 aliphatic heterocycles. The van der Waals surface area contributed by atoms with Crippen molar-refractivity contribution in [3.63, 3.8) is 0 Å². The molecule has 1 rings (SSSR count). The molecular weight excluding hydrogens is 323 g/mol. The first kappa shape index (κ1) is 13.1. The van der Waals surface area contributed by atoms with E-state index >= 15 is 0 Å². The van der Waals surface area contributed by atoms with Crippen molar-refractivity contribution < 1.29 is 9.90 Å². The van der Waals surface area contributed by atoms with Crippen LogP contribution in [0.2, 0.25) is 0 Å². The Bertz CT molecular complexity index is 442. The standard InChI is InChI=1S/C10H13IN2O3/c1-7-12-6-8(11)10(16)13(7)5-3-2-4-9(14)15/h6H,2-5H2,1H3,(H,14,15). The number of rotatable bonds is 5. The number of hydrogen-bond donors (Lipinski definition) is 1. The minimum absolute atomic E-state index is 0.0524. The number of carbonyl (C=O) groups is 1. The average molecular weight is 336 g/mol. The molecule has 0 spiro atoms. The van der Waals surface area contributed by atoms with Crippen molar-refractivity contribution in [2.24, 2.45) is 0 Å². The average Bonchev–Trinajstić information content (AvgIpc) is 2.22. The van der Waals surface area contributed by atoms with Crippen LogP contribution in [0.3, 0.4) is 0 Å². The zero-order valence-electron chi connectivity index (χ0n) is 8.94. The van der Waals surface area contributed by atoms with Crippen LogP contribution < -0.4 is 5.56 Å². The molecule has 1 aromatic rings. The maximum atomic E-state index is 11.7. The van der Waals surface area contributed by atoms with Crippen molar-refractivity contribution in [3.8, 4) is 0 Å². The molecule has 0 atom stereocenters. The molecule has 0 saturated carbocycles. The zero-order chi connectivity index (χ0) is 12.1. The van der Waals surface area contributed by atoms with Gasteiger partial charge in [-0.15, -0.1) is 0 Å². The quantitative estimate of drug-likeness (QED) is 0.652. The molecule has 6 heteroatoms. The number of halogens is 1. The number of carboxylic acid groups (broad SMARTS) is 1. The third-order valence-corrected chi connectivity index (χ3v) is 2.97. The second-order valence-corrected chi connectivity index (χ2v) is 4.62. The fourth-order valence-corrected chi connectivity index (χ4v) is 1.79. The normalized spacial score (nSPS) is 10.4. The lowest BCUT2D eigenvalue weighted by molar-refractivity contribution is -0.137. The first-order chi connectivity index (χ1) is 7.52. The molecule has 1 N–H and O–H groups in total. The van der Waals surface area contributed by atoms with Gasteiger partial charge in [0.05, 0.1) is 3.57 Å². The van der Waals surface area contributed by atoms with Crippen molar-refractivity contribution in [1.29, 1.82) is 0 Å². The predicted molar refractivity (Wildman–Crippen MR) is 67.4 cm³/mol. The minimum Gasteiger partial charge on any atom is -0.481 e. The number of carboxylic acids is 1. The van der Waals surface area contributed by atoms with Gasteiger partial charge in [0.25, 0.3) is 5.56 Å². The fraction of sp³-hybridized carbons (Fsp3) is 0.500. The number of aliphatic carboxylic acids is 1. The van der Waals surface area contributed by atoms with Gasteiger partial charge in [-0.05, 0) is 42.4 Å². The van der Waals surface area contributed by atoms with Gasteiger partial charge in [-0.3, -0.25) is 14.2 Å². The molecular formula is C10H13IN2O3. The molecule has 0 radical (unpaired) electrons. The van der Waals surface area contributed by atoms with Gasteiger partial charge < -0.3 is 5.11 Å². The third-order valence-electron chi connectivity index (χ3n) is 2.23. The molecule has 0 aromatic carbocycles. The Balaban J connectivity index is 2.63. The Labute approximate surface area is 107 Å². The molecule has 0 bridgehead atoms. The van der Waals surface area contributed by atoms with E-state index in [2.05, 4.69) is 4.98 Å². The highest BCUT2D eigenvalue weighted by Crippen LogP contribution is 2.02. The Kier molecular flexibility index (Phi) is 4.91. The molecule has 1 heterocycles. The molecule has 0 amide bonds. The van der Waals surface area contributed by atoms with Crippen molar-refractivity contribution in [2.75, 3.05) is 0 Å². The number of hydrogen-bond acceptors (Lipinski definition) is 3. The Morgan fingerprint density at radius 3 is 2.88 bits per heavy atom. The van der Waals surface area contributed by atoms with E-state index in [1.54, 1.807) is 17.7 Å². The maximum Gasteiger partial charge on any atom is 0.303 e. The van der Waals surface area contributed by atoms with Crippen LogP contribution in [-0.2, 0) is 11.3 Å². The summed E-state index contributed by atoms with van der Waals surface area (Å²) in [7, 11) is 0. The van der Waals surface area contributed by atoms with E-state index < -0.39 is 5.97 Å². The van der Waals surface area contributed by atoms with Crippen molar-refractivity contribution in [2.45, 2.75) is 32.7 Å². The lowest BCUT2D eigenvalue weighted by atomic mass is 10.2. The van der Waals surface area contributed by atoms with Crippen LogP contribution in [0.25, 0.3) is 0 Å². The highest BCUT2D eigenvalue weighted by atomic mass is 127. The molecule has 0 aliphatic rings. The summed E-state index contributed by atoms with van der Waals surface area (Å²) in [5.41, 5.74) is -0.0524. The Morgan fingerprint density at radius 1 is 1.56 bits per heavy atom. The first-order valence-electron chi connectivity index (χ1n) is 4.96. The number of unbranched alkanes of at least 4 members (excludes halogenated alkanes) is 1. The van der Waals surface area contributed by atoms with Crippen molar-refractivity contribution >= 4 is 28.6 Å². The van der Waals surface area contributed by atoms with Crippen LogP contribution in [0, 0.1) is 10.5 Å². The van der Waals surface area contributed by atoms with Crippen molar-refractivity contribution in [3.05, 3.63) is 25.9 Å². The molecule has 16 heavy (non-hydrogen) atoms. The second kappa shape index (κ2) is 5.97. The van der Waals surface area contributed by atoms with Gasteiger partial charge in [-0.2, -0.15) is 0 Å². The third kappa shape index (κ3) is 3.58. The molecule has 0 saturated heterocycles. The van der Waals surface area contributed by atoms with E-state index in [0.29, 0.717) is 28.8 Å². The number of aromatic nitrogens is 2. The van der Waals surface area contributed by atoms with Crippen LogP contribution in [0.4, 0.5) is 0 Å². The van der Waals surface area contributed by atoms with E-state index in [-0.39, 0.29) is 12.0 Å². The molecule has 0 unspecified atom stereocenters. The van der Waals surface area contributed by atoms with Gasteiger partial charge in [0.1, 0.15) is 5.82 Å². The highest BCUT2D eigenvalue weighted by Gasteiger charge is 2.05. The topological polar surface area (TPSA) is 72.2 Å². The van der Waals surface area contributed by atoms with E-state index in [9.17, 15) is 9.59 Å². The van der Waals surface area contributed by atoms with Gasteiger partial charge in [-0.25, -0.2) is 4.98 Å². The van der Waals surface area contributed by atoms with Gasteiger partial charge in [0, 0.05) is 19.2 Å². The lowest BCUT2D eigenvalue weighted by Gasteiger charge is -2.08. The van der Waals surface area contributed by atoms with Gasteiger partial charge in [0.2, 0.25) is 0 Å². The summed E-state index contributed by atoms with van der Waals surface area (Å²) in [4.78, 5) is 26.1. The smallest absolute Gasteiger partial charge is 0.303 e. The molecule has 0 aliphatic carbocycles. The number of aryl methyl sites for hydroxylation is 1. The molecule has 1 aromatic heterocycles. The van der Waals surface area contributed by atoms with E-state index in [1.807, 2.05) is 22.6 Å². The zero-order valence-corrected chi connectivity index (χ0v) is 11.1. The van der Waals surface area contributed by atoms with E-state index in [0.717, 1.165) is 0 Å². The molecule has 5 nitrogen and oxygen atoms in total. The molecule has 88 valence electrons. The fourth-order valence-electron chi connectivity index (χ4n) is 1.36. The van der Waals surface area contributed by atoms with Crippen LogP contribution in [0.5, 0.6) is 0 Å². The summed E-state index contributed by atoms with van der Waals surface area (Å²) >= 11 is 1.95. The Morgan fingerprint density at radius 2 is 2.25 bits per heavy atom. The van der Waals surface area contributed by atoms with Crippen molar-refractivity contribution in [1.82, 2.24) is 9.55 Å². The lowest BCUT2D eigenvalue weighted by Crippen LogP contribution is -2.25. The van der Waals surface area contributed by atoms with E-state index in [1.165, 1.54) is 0 Å². The van der Waals surface area contributed by atoms with Crippen LogP contribution in [0.1, 0.15) is 25.1 Å². The summed E-state index contributed by atoms with van der Waals surface area (Å²) in [5, 5.41) is 8.48. The van der Waals surface area contributed by atoms with Crippen LogP contribution >= 0.6 is 22.6 Å². The Hall–Kier alpha value is -0.920. The number of nitrogens with zero attached hydrogens (tertiary/aromatic N) is 2. The predicted octanol–water partition coefficient (Wildman–Crippen LogP) is 1.41. The van der Waals surface area contributed by atoms with Crippen LogP contribution in [-0.4, -0.2) is 20.6 Å². The van der Waals surface area contributed by atoms with E-state index in [4.69, 9.17) is 5.11 Å². The summed E-state index contributed by atoms with van der Waals surface area (Å²) in [6.07, 6.45) is 2.94. The summed E-state index contributed by atoms with van der Waals surface area (Å²) in [6, 6.07) is 0. The minimum atomic E-state index is -0.801. The highest BCUT2D eigenvalue weighted by molar-refractivity contribution is 14.1. The van der Waals surface area contributed by atoms with Crippen LogP contribution in [0.15, 0.2) is 11.0 Å². The monoisotopic (exact) mass is 336 g/mol. The maximum absolute atomic E-state index is 11.7. The van der Waals surface area contributed by atoms with Gasteiger partial charge >= 0.3 is 5.97 Å². The van der Waals surface area contributed by atoms with Gasteiger partial charge in [0.15, 0.2) is 0 Å². The largest absolute Gasteiger partial charge is 0.481 e.